The number of amides is 1. The molecule has 5 heteroatoms. The molecule has 0 aromatic carbocycles. The number of carbonyl (C=O) groups excluding carboxylic acids is 1. The number of carbonyl (C=O) groups is 1. The SMILES string of the molecule is O=C(c1cnccn1)N1CCCNCC1. The standard InChI is InChI=1S/C10H14N4O/c15-10(9-8-12-3-4-13-9)14-6-1-2-11-5-7-14/h3-4,8,11H,1-2,5-7H2. The Hall–Kier alpha value is -1.49. The molecular formula is C10H14N4O. The molecule has 0 spiro atoms. The van der Waals surface area contributed by atoms with E-state index in [4.69, 9.17) is 0 Å². The highest BCUT2D eigenvalue weighted by Gasteiger charge is 2.17. The van der Waals surface area contributed by atoms with Crippen LogP contribution >= 0.6 is 0 Å². The first-order valence-corrected chi connectivity index (χ1v) is 5.14. The summed E-state index contributed by atoms with van der Waals surface area (Å²) in [6.07, 6.45) is 5.62. The Balaban J connectivity index is 2.06. The minimum Gasteiger partial charge on any atom is -0.336 e. The van der Waals surface area contributed by atoms with E-state index in [1.165, 1.54) is 6.20 Å². The molecule has 1 aliphatic heterocycles. The molecule has 0 bridgehead atoms. The van der Waals surface area contributed by atoms with Crippen LogP contribution in [0.15, 0.2) is 18.6 Å². The predicted octanol–water partition coefficient (Wildman–Crippen LogP) is -0.0879. The molecule has 0 unspecified atom stereocenters. The van der Waals surface area contributed by atoms with Crippen LogP contribution in [0.5, 0.6) is 0 Å². The highest BCUT2D eigenvalue weighted by molar-refractivity contribution is 5.91. The fourth-order valence-corrected chi connectivity index (χ4v) is 1.62. The quantitative estimate of drug-likeness (QED) is 0.697. The molecule has 1 amide bonds. The Kier molecular flexibility index (Phi) is 3.24. The Morgan fingerprint density at radius 3 is 3.07 bits per heavy atom. The molecule has 15 heavy (non-hydrogen) atoms. The largest absolute Gasteiger partial charge is 0.336 e. The molecule has 5 nitrogen and oxygen atoms in total. The highest BCUT2D eigenvalue weighted by Crippen LogP contribution is 2.02. The van der Waals surface area contributed by atoms with E-state index in [2.05, 4.69) is 15.3 Å². The third-order valence-corrected chi connectivity index (χ3v) is 2.41. The highest BCUT2D eigenvalue weighted by atomic mass is 16.2. The summed E-state index contributed by atoms with van der Waals surface area (Å²) >= 11 is 0. The van der Waals surface area contributed by atoms with E-state index in [-0.39, 0.29) is 5.91 Å². The molecule has 1 aliphatic rings. The van der Waals surface area contributed by atoms with E-state index >= 15 is 0 Å². The van der Waals surface area contributed by atoms with Gasteiger partial charge in [0.2, 0.25) is 0 Å². The Morgan fingerprint density at radius 2 is 2.27 bits per heavy atom. The molecule has 1 fully saturated rings. The summed E-state index contributed by atoms with van der Waals surface area (Å²) < 4.78 is 0. The third kappa shape index (κ3) is 2.50. The van der Waals surface area contributed by atoms with Crippen LogP contribution in [0.2, 0.25) is 0 Å². The maximum atomic E-state index is 11.9. The van der Waals surface area contributed by atoms with Crippen LogP contribution in [0.4, 0.5) is 0 Å². The van der Waals surface area contributed by atoms with Crippen molar-refractivity contribution in [1.82, 2.24) is 20.2 Å². The summed E-state index contributed by atoms with van der Waals surface area (Å²) in [7, 11) is 0. The van der Waals surface area contributed by atoms with Gasteiger partial charge in [-0.2, -0.15) is 0 Å². The van der Waals surface area contributed by atoms with Gasteiger partial charge < -0.3 is 10.2 Å². The van der Waals surface area contributed by atoms with Gasteiger partial charge >= 0.3 is 0 Å². The van der Waals surface area contributed by atoms with Crippen LogP contribution in [0.3, 0.4) is 0 Å². The second-order valence-electron chi connectivity index (χ2n) is 3.49. The molecule has 2 rings (SSSR count). The number of nitrogens with zero attached hydrogens (tertiary/aromatic N) is 3. The first-order chi connectivity index (χ1) is 7.38. The lowest BCUT2D eigenvalue weighted by Gasteiger charge is -2.18. The second kappa shape index (κ2) is 4.84. The van der Waals surface area contributed by atoms with Gasteiger partial charge in [-0.1, -0.05) is 0 Å². The molecule has 1 aromatic heterocycles. The summed E-state index contributed by atoms with van der Waals surface area (Å²) in [6.45, 7) is 3.37. The first kappa shape index (κ1) is 10.0. The maximum Gasteiger partial charge on any atom is 0.274 e. The second-order valence-corrected chi connectivity index (χ2v) is 3.49. The minimum absolute atomic E-state index is 0.0215. The van der Waals surface area contributed by atoms with E-state index < -0.39 is 0 Å². The summed E-state index contributed by atoms with van der Waals surface area (Å²) in [5.41, 5.74) is 0.430. The molecule has 1 aromatic rings. The van der Waals surface area contributed by atoms with Gasteiger partial charge in [0.05, 0.1) is 6.20 Å². The van der Waals surface area contributed by atoms with Crippen LogP contribution in [0, 0.1) is 0 Å². The van der Waals surface area contributed by atoms with Crippen LogP contribution in [-0.4, -0.2) is 47.0 Å². The van der Waals surface area contributed by atoms with E-state index in [9.17, 15) is 4.79 Å². The molecule has 1 saturated heterocycles. The van der Waals surface area contributed by atoms with Crippen molar-refractivity contribution in [2.75, 3.05) is 26.2 Å². The van der Waals surface area contributed by atoms with E-state index in [0.717, 1.165) is 32.6 Å². The van der Waals surface area contributed by atoms with Crippen molar-refractivity contribution < 1.29 is 4.79 Å². The van der Waals surface area contributed by atoms with E-state index in [1.54, 1.807) is 12.4 Å². The first-order valence-electron chi connectivity index (χ1n) is 5.14. The average Bonchev–Trinajstić information content (AvgIpc) is 2.58. The normalized spacial score (nSPS) is 17.2. The Morgan fingerprint density at radius 1 is 1.33 bits per heavy atom. The monoisotopic (exact) mass is 206 g/mol. The van der Waals surface area contributed by atoms with Crippen LogP contribution in [-0.2, 0) is 0 Å². The van der Waals surface area contributed by atoms with Crippen molar-refractivity contribution in [1.29, 1.82) is 0 Å². The molecular weight excluding hydrogens is 192 g/mol. The van der Waals surface area contributed by atoms with Gasteiger partial charge in [-0.15, -0.1) is 0 Å². The Bertz CT molecular complexity index is 319. The van der Waals surface area contributed by atoms with Gasteiger partial charge in [-0.3, -0.25) is 9.78 Å². The van der Waals surface area contributed by atoms with Crippen molar-refractivity contribution in [2.24, 2.45) is 0 Å². The van der Waals surface area contributed by atoms with Gasteiger partial charge in [0.1, 0.15) is 5.69 Å². The summed E-state index contributed by atoms with van der Waals surface area (Å²) in [4.78, 5) is 21.7. The summed E-state index contributed by atoms with van der Waals surface area (Å²) in [5, 5.41) is 3.25. The molecule has 0 aliphatic carbocycles. The van der Waals surface area contributed by atoms with Gasteiger partial charge in [0, 0.05) is 32.0 Å². The lowest BCUT2D eigenvalue weighted by molar-refractivity contribution is 0.0760. The average molecular weight is 206 g/mol. The van der Waals surface area contributed by atoms with Crippen molar-refractivity contribution in [3.05, 3.63) is 24.3 Å². The number of hydrogen-bond donors (Lipinski definition) is 1. The van der Waals surface area contributed by atoms with Crippen molar-refractivity contribution in [3.8, 4) is 0 Å². The number of rotatable bonds is 1. The van der Waals surface area contributed by atoms with Crippen LogP contribution < -0.4 is 5.32 Å². The Labute approximate surface area is 88.5 Å². The van der Waals surface area contributed by atoms with Crippen molar-refractivity contribution >= 4 is 5.91 Å². The van der Waals surface area contributed by atoms with Gasteiger partial charge in [0.15, 0.2) is 0 Å². The molecule has 80 valence electrons. The van der Waals surface area contributed by atoms with E-state index in [1.807, 2.05) is 4.90 Å². The van der Waals surface area contributed by atoms with Gasteiger partial charge in [-0.25, -0.2) is 4.98 Å². The zero-order valence-electron chi connectivity index (χ0n) is 8.52. The molecule has 2 heterocycles. The fourth-order valence-electron chi connectivity index (χ4n) is 1.62. The van der Waals surface area contributed by atoms with E-state index in [0.29, 0.717) is 5.69 Å². The molecule has 0 saturated carbocycles. The topological polar surface area (TPSA) is 58.1 Å². The van der Waals surface area contributed by atoms with Crippen LogP contribution in [0.1, 0.15) is 16.9 Å². The number of aromatic nitrogens is 2. The summed E-state index contributed by atoms with van der Waals surface area (Å²) in [6, 6.07) is 0. The minimum atomic E-state index is -0.0215. The summed E-state index contributed by atoms with van der Waals surface area (Å²) in [5.74, 6) is -0.0215. The lowest BCUT2D eigenvalue weighted by atomic mass is 10.3. The molecule has 0 atom stereocenters. The number of nitrogens with one attached hydrogen (secondary N) is 1. The number of hydrogen-bond acceptors (Lipinski definition) is 4. The van der Waals surface area contributed by atoms with Crippen LogP contribution in [0.25, 0.3) is 0 Å². The van der Waals surface area contributed by atoms with Gasteiger partial charge in [0.25, 0.3) is 5.91 Å². The zero-order chi connectivity index (χ0) is 10.5. The zero-order valence-corrected chi connectivity index (χ0v) is 8.52. The fraction of sp³-hybridized carbons (Fsp3) is 0.500. The molecule has 1 N–H and O–H groups in total. The maximum absolute atomic E-state index is 11.9. The van der Waals surface area contributed by atoms with Crippen molar-refractivity contribution in [3.63, 3.8) is 0 Å². The predicted molar refractivity (Wildman–Crippen MR) is 55.4 cm³/mol. The van der Waals surface area contributed by atoms with Crippen molar-refractivity contribution in [2.45, 2.75) is 6.42 Å². The lowest BCUT2D eigenvalue weighted by Crippen LogP contribution is -2.34. The third-order valence-electron chi connectivity index (χ3n) is 2.41. The molecule has 0 radical (unpaired) electrons. The smallest absolute Gasteiger partial charge is 0.274 e. The van der Waals surface area contributed by atoms with Gasteiger partial charge in [-0.05, 0) is 13.0 Å².